The molecular weight excluding hydrogens is 384 g/mol. The van der Waals surface area contributed by atoms with Crippen LogP contribution in [0.3, 0.4) is 0 Å². The first-order valence-corrected chi connectivity index (χ1v) is 9.16. The zero-order valence-corrected chi connectivity index (χ0v) is 16.9. The molecule has 0 unspecified atom stereocenters. The van der Waals surface area contributed by atoms with Crippen LogP contribution in [0.2, 0.25) is 0 Å². The van der Waals surface area contributed by atoms with E-state index in [2.05, 4.69) is 41.4 Å². The third kappa shape index (κ3) is 7.66. The number of halogens is 1. The summed E-state index contributed by atoms with van der Waals surface area (Å²) in [4.78, 5) is 23.1. The average molecular weight is 411 g/mol. The summed E-state index contributed by atoms with van der Waals surface area (Å²) in [5.74, 6) is 1.67. The van der Waals surface area contributed by atoms with Crippen molar-refractivity contribution >= 4 is 39.7 Å². The predicted molar refractivity (Wildman–Crippen MR) is 107 cm³/mol. The molecule has 25 heavy (non-hydrogen) atoms. The maximum Gasteiger partial charge on any atom is 0.213 e. The topological polar surface area (TPSA) is 72.9 Å². The van der Waals surface area contributed by atoms with Gasteiger partial charge in [-0.25, -0.2) is 9.98 Å². The number of aliphatic imine (C=N–C) groups is 1. The van der Waals surface area contributed by atoms with Gasteiger partial charge in [0.15, 0.2) is 0 Å². The second-order valence-corrected chi connectivity index (χ2v) is 6.04. The van der Waals surface area contributed by atoms with Crippen molar-refractivity contribution in [1.29, 1.82) is 0 Å². The van der Waals surface area contributed by atoms with Gasteiger partial charge < -0.3 is 20.4 Å². The average Bonchev–Trinajstić information content (AvgIpc) is 2.64. The minimum atomic E-state index is 0.652. The minimum Gasteiger partial charge on any atom is -0.354 e. The molecule has 1 fully saturated rings. The maximum atomic E-state index is 10.6. The Kier molecular flexibility index (Phi) is 9.79. The highest BCUT2D eigenvalue weighted by Gasteiger charge is 2.10. The Labute approximate surface area is 158 Å². The van der Waals surface area contributed by atoms with Crippen molar-refractivity contribution in [3.05, 3.63) is 29.1 Å². The van der Waals surface area contributed by atoms with Crippen LogP contribution in [0.25, 0.3) is 0 Å². The van der Waals surface area contributed by atoms with Gasteiger partial charge in [-0.3, -0.25) is 4.79 Å². The van der Waals surface area contributed by atoms with Gasteiger partial charge in [0.1, 0.15) is 11.7 Å². The molecule has 2 heterocycles. The number of carbonyl (C=O) groups excluding carboxylic acids is 1. The number of amidine groups is 1. The summed E-state index contributed by atoms with van der Waals surface area (Å²) in [5, 5.41) is 6.38. The van der Waals surface area contributed by atoms with E-state index in [0.29, 0.717) is 16.9 Å². The number of amides is 1. The molecule has 0 aliphatic carbocycles. The predicted octanol–water partition coefficient (Wildman–Crippen LogP) is 2.44. The molecule has 1 aromatic rings. The zero-order valence-electron chi connectivity index (χ0n) is 15.3. The van der Waals surface area contributed by atoms with E-state index in [9.17, 15) is 4.79 Å². The first-order chi connectivity index (χ1) is 12.1. The lowest BCUT2D eigenvalue weighted by molar-refractivity contribution is -0.115. The number of nitrogens with zero attached hydrogens (tertiary/aromatic N) is 4. The number of carbonyl (C=O) groups is 1. The van der Waals surface area contributed by atoms with Crippen molar-refractivity contribution in [3.8, 4) is 0 Å². The van der Waals surface area contributed by atoms with Gasteiger partial charge in [0.25, 0.3) is 0 Å². The van der Waals surface area contributed by atoms with Crippen molar-refractivity contribution in [1.82, 2.24) is 20.5 Å². The number of anilines is 1. The van der Waals surface area contributed by atoms with Crippen molar-refractivity contribution < 1.29 is 4.79 Å². The fraction of sp³-hybridized carbons (Fsp3) is 0.471. The van der Waals surface area contributed by atoms with Crippen LogP contribution in [0.5, 0.6) is 0 Å². The highest BCUT2D eigenvalue weighted by Crippen LogP contribution is 2.17. The standard InChI is InChI=1S/C15H21BrN6O.C2H6/c1-12(20-14(16)10-21(2)11-23)19-13-3-4-15(18-9-13)22-7-5-17-6-8-22;1-2/h3-4,9-11,17H,5-8H2,1-2H3,(H,19,20);1-2H3/b14-10-;. The van der Waals surface area contributed by atoms with Crippen molar-refractivity contribution in [3.63, 3.8) is 0 Å². The Morgan fingerprint density at radius 3 is 2.64 bits per heavy atom. The Morgan fingerprint density at radius 1 is 1.40 bits per heavy atom. The fourth-order valence-electron chi connectivity index (χ4n) is 2.16. The summed E-state index contributed by atoms with van der Waals surface area (Å²) in [6.45, 7) is 9.76. The largest absolute Gasteiger partial charge is 0.354 e. The summed E-state index contributed by atoms with van der Waals surface area (Å²) < 4.78 is 0.652. The van der Waals surface area contributed by atoms with Gasteiger partial charge in [-0.05, 0) is 35.0 Å². The van der Waals surface area contributed by atoms with Crippen molar-refractivity contribution in [2.75, 3.05) is 38.1 Å². The zero-order chi connectivity index (χ0) is 18.7. The van der Waals surface area contributed by atoms with Gasteiger partial charge in [0, 0.05) is 39.4 Å². The van der Waals surface area contributed by atoms with Crippen LogP contribution in [0.15, 0.2) is 34.1 Å². The molecule has 138 valence electrons. The van der Waals surface area contributed by atoms with Crippen LogP contribution in [0.4, 0.5) is 11.5 Å². The number of hydrogen-bond acceptors (Lipinski definition) is 5. The molecule has 0 radical (unpaired) electrons. The highest BCUT2D eigenvalue weighted by molar-refractivity contribution is 9.11. The van der Waals surface area contributed by atoms with Crippen LogP contribution >= 0.6 is 15.9 Å². The molecule has 8 heteroatoms. The summed E-state index contributed by atoms with van der Waals surface area (Å²) >= 11 is 3.34. The van der Waals surface area contributed by atoms with Gasteiger partial charge in [0.2, 0.25) is 6.41 Å². The normalized spacial score (nSPS) is 15.2. The molecule has 1 aromatic heterocycles. The van der Waals surface area contributed by atoms with Gasteiger partial charge in [-0.1, -0.05) is 13.8 Å². The third-order valence-electron chi connectivity index (χ3n) is 3.25. The van der Waals surface area contributed by atoms with E-state index in [4.69, 9.17) is 0 Å². The molecule has 0 spiro atoms. The Hall–Kier alpha value is -1.93. The number of aromatic nitrogens is 1. The number of hydrogen-bond donors (Lipinski definition) is 2. The van der Waals surface area contributed by atoms with E-state index in [1.165, 1.54) is 4.90 Å². The molecule has 2 N–H and O–H groups in total. The molecule has 0 atom stereocenters. The lowest BCUT2D eigenvalue weighted by atomic mass is 10.3. The molecule has 0 aromatic carbocycles. The smallest absolute Gasteiger partial charge is 0.213 e. The first kappa shape index (κ1) is 21.1. The number of rotatable bonds is 5. The summed E-state index contributed by atoms with van der Waals surface area (Å²) in [6.07, 6.45) is 4.10. The molecule has 7 nitrogen and oxygen atoms in total. The quantitative estimate of drug-likeness (QED) is 0.337. The van der Waals surface area contributed by atoms with E-state index >= 15 is 0 Å². The highest BCUT2D eigenvalue weighted by atomic mass is 79.9. The van der Waals surface area contributed by atoms with Crippen LogP contribution in [0, 0.1) is 0 Å². The van der Waals surface area contributed by atoms with E-state index in [0.717, 1.165) is 37.7 Å². The molecule has 0 saturated carbocycles. The van der Waals surface area contributed by atoms with E-state index in [-0.39, 0.29) is 0 Å². The number of nitrogens with one attached hydrogen (secondary N) is 2. The molecule has 1 amide bonds. The monoisotopic (exact) mass is 410 g/mol. The van der Waals surface area contributed by atoms with Gasteiger partial charge in [-0.2, -0.15) is 0 Å². The Balaban J connectivity index is 0.00000151. The van der Waals surface area contributed by atoms with E-state index in [1.807, 2.05) is 32.9 Å². The second-order valence-electron chi connectivity index (χ2n) is 5.18. The molecule has 1 aliphatic heterocycles. The maximum absolute atomic E-state index is 10.6. The van der Waals surface area contributed by atoms with Gasteiger partial charge in [0.05, 0.1) is 16.5 Å². The number of piperazine rings is 1. The molecule has 2 rings (SSSR count). The SMILES string of the molecule is CC.CC(=Nc1ccc(N2CCNCC2)nc1)N/C(Br)=C\N(C)C=O. The molecule has 1 saturated heterocycles. The minimum absolute atomic E-state index is 0.652. The summed E-state index contributed by atoms with van der Waals surface area (Å²) in [6, 6.07) is 3.94. The van der Waals surface area contributed by atoms with E-state index < -0.39 is 0 Å². The van der Waals surface area contributed by atoms with Crippen molar-refractivity contribution in [2.45, 2.75) is 20.8 Å². The molecular formula is C17H27BrN6O. The second kappa shape index (κ2) is 11.6. The Morgan fingerprint density at radius 2 is 2.08 bits per heavy atom. The Bertz CT molecular complexity index is 581. The lowest BCUT2D eigenvalue weighted by Crippen LogP contribution is -2.43. The van der Waals surface area contributed by atoms with Gasteiger partial charge >= 0.3 is 0 Å². The van der Waals surface area contributed by atoms with Gasteiger partial charge in [-0.15, -0.1) is 0 Å². The van der Waals surface area contributed by atoms with Crippen LogP contribution < -0.4 is 15.5 Å². The summed E-state index contributed by atoms with van der Waals surface area (Å²) in [7, 11) is 1.65. The fourth-order valence-corrected chi connectivity index (χ4v) is 2.77. The lowest BCUT2D eigenvalue weighted by Gasteiger charge is -2.28. The van der Waals surface area contributed by atoms with E-state index in [1.54, 1.807) is 19.4 Å². The third-order valence-corrected chi connectivity index (χ3v) is 3.66. The molecule has 0 bridgehead atoms. The molecule has 1 aliphatic rings. The summed E-state index contributed by atoms with van der Waals surface area (Å²) in [5.41, 5.74) is 0.776. The van der Waals surface area contributed by atoms with Crippen LogP contribution in [-0.2, 0) is 4.79 Å². The van der Waals surface area contributed by atoms with Crippen molar-refractivity contribution in [2.24, 2.45) is 4.99 Å². The number of pyridine rings is 1. The first-order valence-electron chi connectivity index (χ1n) is 8.37. The van der Waals surface area contributed by atoms with Crippen LogP contribution in [-0.4, -0.2) is 55.4 Å². The van der Waals surface area contributed by atoms with Crippen LogP contribution in [0.1, 0.15) is 20.8 Å².